The average Bonchev–Trinajstić information content (AvgIpc) is 1.33. The molecule has 8 unspecified atom stereocenters. The van der Waals surface area contributed by atoms with Crippen LogP contribution in [0.5, 0.6) is 0 Å². The smallest absolute Gasteiger partial charge is 0.187 e. The van der Waals surface area contributed by atoms with Crippen molar-refractivity contribution in [2.75, 3.05) is 33.0 Å². The first-order valence-electron chi connectivity index (χ1n) is 31.8. The van der Waals surface area contributed by atoms with Crippen LogP contribution in [0.2, 0.25) is 0 Å². The van der Waals surface area contributed by atoms with Gasteiger partial charge < -0.3 is 135 Å². The third kappa shape index (κ3) is 12.7. The largest absolute Gasteiger partial charge is 0.396 e. The molecular formula is C61H104O27. The van der Waals surface area contributed by atoms with Crippen molar-refractivity contribution in [3.05, 3.63) is 11.6 Å². The molecule has 9 rings (SSSR count). The van der Waals surface area contributed by atoms with Gasteiger partial charge in [-0.1, -0.05) is 53.2 Å². The molecule has 0 bridgehead atoms. The minimum Gasteiger partial charge on any atom is -0.396 e. The molecule has 0 radical (unpaired) electrons. The second kappa shape index (κ2) is 27.4. The number of hydrogen-bond acceptors (Lipinski definition) is 27. The molecule has 0 amide bonds. The van der Waals surface area contributed by atoms with Gasteiger partial charge in [-0.2, -0.15) is 0 Å². The highest BCUT2D eigenvalue weighted by molar-refractivity contribution is 5.30. The maximum atomic E-state index is 11.9. The molecule has 8 fully saturated rings. The quantitative estimate of drug-likeness (QED) is 0.0521. The van der Waals surface area contributed by atoms with Gasteiger partial charge in [0.05, 0.1) is 62.5 Å². The lowest BCUT2D eigenvalue weighted by Gasteiger charge is -2.66. The summed E-state index contributed by atoms with van der Waals surface area (Å²) in [5, 5.41) is 194. The molecule has 27 heteroatoms. The molecule has 3 saturated carbocycles. The zero-order valence-electron chi connectivity index (χ0n) is 51.8. The zero-order chi connectivity index (χ0) is 64.7. The van der Waals surface area contributed by atoms with Crippen LogP contribution in [-0.2, 0) is 42.6 Å². The maximum Gasteiger partial charge on any atom is 0.187 e. The van der Waals surface area contributed by atoms with Gasteiger partial charge in [0, 0.05) is 17.9 Å². The summed E-state index contributed by atoms with van der Waals surface area (Å²) in [4.78, 5) is 0. The van der Waals surface area contributed by atoms with Crippen molar-refractivity contribution in [2.24, 2.45) is 51.2 Å². The van der Waals surface area contributed by atoms with E-state index in [1.165, 1.54) is 5.57 Å². The Morgan fingerprint density at radius 1 is 0.545 bits per heavy atom. The Morgan fingerprint density at radius 2 is 1.08 bits per heavy atom. The summed E-state index contributed by atoms with van der Waals surface area (Å²) in [7, 11) is 0. The molecule has 4 aliphatic carbocycles. The molecule has 0 aromatic carbocycles. The zero-order valence-corrected chi connectivity index (χ0v) is 51.8. The third-order valence-corrected chi connectivity index (χ3v) is 23.4. The SMILES string of the molecule is CC(CC[C@@H](O[C@@H]1O[C@H](CO[C@@H]2O[C@H](CO)[C@@H](O)[C@H](O)[C@H]2O)[C@@H](O)[C@H](O)[C@H]1O[C@@H]1O[C@H](CO)[C@@H](O)[C@H](O)[C@H]1O)C(C)(C)O)C1CCC2(C)C3CC=C4C(CC[C@H](O[C@@H]5O[C@H](CCO)C([C@@H]6O[C@H](CO)[C@@H](O)[C@H](O)[C@H]6O)[C@H](O)[C@H]5O)C4(C)C)C3(C)CCC12C. The van der Waals surface area contributed by atoms with Crippen LogP contribution in [0, 0.1) is 51.2 Å². The monoisotopic (exact) mass is 1270 g/mol. The second-order valence-electron chi connectivity index (χ2n) is 29.0. The fourth-order valence-electron chi connectivity index (χ4n) is 17.7. The number of hydrogen-bond donors (Lipinski definition) is 18. The maximum absolute atomic E-state index is 11.9. The number of aliphatic hydroxyl groups excluding tert-OH is 17. The molecule has 0 aromatic heterocycles. The van der Waals surface area contributed by atoms with Gasteiger partial charge in [0.1, 0.15) is 104 Å². The van der Waals surface area contributed by atoms with Crippen LogP contribution in [0.3, 0.4) is 0 Å². The molecule has 510 valence electrons. The first-order valence-corrected chi connectivity index (χ1v) is 31.8. The number of rotatable bonds is 20. The number of fused-ring (bicyclic) bond motifs is 5. The standard InChI is InChI=1S/C61H104O27/c1-25(9-13-36(58(4,5)79)87-56-52(88-55-50(78)45(73)40(68)32(23-65)84-55)46(74)41(69)33(85-56)24-80-53-49(77)44(72)39(67)31(22-64)83-53)26-15-17-61(8)34-12-10-27-28(59(34,6)18-19-60(26,61)7)11-14-35(57(27,2)3)86-54-48(76)42(70)37(29(82-54)16-20-62)51-47(75)43(71)38(66)30(21-63)81-51/h10,25-26,28-56,62-79H,9,11-24H2,1-8H3/t25?,26?,28?,29-,30-,31-,32-,33-,34?,35+,36-,37?,38-,39-,40-,41-,42+,43+,44+,45+,46+,47-,48-,49-,50-,51+,52-,53-,54+,55+,56+,59?,60?,61?/m1/s1. The van der Waals surface area contributed by atoms with Gasteiger partial charge in [0.15, 0.2) is 25.2 Å². The van der Waals surface area contributed by atoms with Crippen molar-refractivity contribution in [1.29, 1.82) is 0 Å². The number of ether oxygens (including phenoxy) is 9. The fourth-order valence-corrected chi connectivity index (χ4v) is 17.7. The van der Waals surface area contributed by atoms with Crippen LogP contribution in [0.15, 0.2) is 11.6 Å². The van der Waals surface area contributed by atoms with Gasteiger partial charge >= 0.3 is 0 Å². The van der Waals surface area contributed by atoms with E-state index in [9.17, 15) is 91.9 Å². The van der Waals surface area contributed by atoms with E-state index in [4.69, 9.17) is 42.6 Å². The highest BCUT2D eigenvalue weighted by Crippen LogP contribution is 2.75. The summed E-state index contributed by atoms with van der Waals surface area (Å²) in [5.41, 5.74) is -1.15. The van der Waals surface area contributed by atoms with Crippen molar-refractivity contribution < 1.29 is 135 Å². The van der Waals surface area contributed by atoms with Crippen LogP contribution in [0.4, 0.5) is 0 Å². The van der Waals surface area contributed by atoms with Crippen LogP contribution < -0.4 is 0 Å². The Kier molecular flexibility index (Phi) is 22.1. The highest BCUT2D eigenvalue weighted by Gasteiger charge is 2.68. The molecule has 18 N–H and O–H groups in total. The van der Waals surface area contributed by atoms with Crippen molar-refractivity contribution in [2.45, 2.75) is 285 Å². The lowest BCUT2D eigenvalue weighted by molar-refractivity contribution is -0.380. The fraction of sp³-hybridized carbons (Fsp3) is 0.967. The van der Waals surface area contributed by atoms with Crippen molar-refractivity contribution >= 4 is 0 Å². The normalized spacial score (nSPS) is 51.4. The molecule has 9 aliphatic rings. The molecule has 88 heavy (non-hydrogen) atoms. The van der Waals surface area contributed by atoms with Gasteiger partial charge in [-0.15, -0.1) is 0 Å². The number of allylic oxidation sites excluding steroid dienone is 1. The third-order valence-electron chi connectivity index (χ3n) is 23.4. The van der Waals surface area contributed by atoms with Gasteiger partial charge in [-0.25, -0.2) is 0 Å². The molecule has 0 spiro atoms. The van der Waals surface area contributed by atoms with Crippen LogP contribution in [0.1, 0.15) is 120 Å². The van der Waals surface area contributed by atoms with Gasteiger partial charge in [-0.05, 0) is 118 Å². The van der Waals surface area contributed by atoms with Crippen molar-refractivity contribution in [3.8, 4) is 0 Å². The Balaban J connectivity index is 0.883. The molecular weight excluding hydrogens is 1160 g/mol. The van der Waals surface area contributed by atoms with Crippen molar-refractivity contribution in [1.82, 2.24) is 0 Å². The molecule has 34 atom stereocenters. The van der Waals surface area contributed by atoms with Crippen LogP contribution >= 0.6 is 0 Å². The van der Waals surface area contributed by atoms with E-state index < -0.39 is 203 Å². The molecule has 5 saturated heterocycles. The molecule has 0 aromatic rings. The van der Waals surface area contributed by atoms with E-state index in [1.807, 2.05) is 0 Å². The van der Waals surface area contributed by atoms with E-state index in [1.54, 1.807) is 13.8 Å². The highest BCUT2D eigenvalue weighted by atomic mass is 16.8. The lowest BCUT2D eigenvalue weighted by Crippen LogP contribution is -2.67. The molecule has 5 heterocycles. The lowest BCUT2D eigenvalue weighted by atomic mass is 9.39. The Bertz CT molecular complexity index is 2310. The van der Waals surface area contributed by atoms with Gasteiger partial charge in [0.2, 0.25) is 0 Å². The molecule has 5 aliphatic heterocycles. The van der Waals surface area contributed by atoms with Crippen LogP contribution in [-0.4, -0.2) is 290 Å². The van der Waals surface area contributed by atoms with E-state index in [2.05, 4.69) is 47.6 Å². The van der Waals surface area contributed by atoms with Gasteiger partial charge in [0.25, 0.3) is 0 Å². The van der Waals surface area contributed by atoms with E-state index in [0.29, 0.717) is 18.8 Å². The number of aliphatic hydroxyl groups is 18. The van der Waals surface area contributed by atoms with E-state index in [0.717, 1.165) is 38.5 Å². The summed E-state index contributed by atoms with van der Waals surface area (Å²) in [6, 6.07) is 0. The van der Waals surface area contributed by atoms with Crippen molar-refractivity contribution in [3.63, 3.8) is 0 Å². The summed E-state index contributed by atoms with van der Waals surface area (Å²) in [6.45, 7) is 13.6. The second-order valence-corrected chi connectivity index (χ2v) is 29.0. The average molecular weight is 1270 g/mol. The summed E-state index contributed by atoms with van der Waals surface area (Å²) < 4.78 is 54.6. The summed E-state index contributed by atoms with van der Waals surface area (Å²) in [5.74, 6) is -0.319. The topological polar surface area (TPSA) is 447 Å². The Labute approximate surface area is 513 Å². The van der Waals surface area contributed by atoms with E-state index in [-0.39, 0.29) is 53.4 Å². The van der Waals surface area contributed by atoms with Crippen LogP contribution in [0.25, 0.3) is 0 Å². The first-order chi connectivity index (χ1) is 41.2. The Hall–Kier alpha value is -1.34. The molecule has 27 nitrogen and oxygen atoms in total. The predicted molar refractivity (Wildman–Crippen MR) is 302 cm³/mol. The minimum atomic E-state index is -1.93. The summed E-state index contributed by atoms with van der Waals surface area (Å²) in [6.07, 6.45) is -31.3. The van der Waals surface area contributed by atoms with E-state index >= 15 is 0 Å². The van der Waals surface area contributed by atoms with Gasteiger partial charge in [-0.3, -0.25) is 0 Å². The predicted octanol–water partition coefficient (Wildman–Crippen LogP) is -3.71. The first kappa shape index (κ1) is 71.0. The minimum absolute atomic E-state index is 0.0402. The Morgan fingerprint density at radius 3 is 1.68 bits per heavy atom. The summed E-state index contributed by atoms with van der Waals surface area (Å²) >= 11 is 0.